The van der Waals surface area contributed by atoms with Crippen LogP contribution in [0.2, 0.25) is 0 Å². The van der Waals surface area contributed by atoms with Gasteiger partial charge < -0.3 is 9.47 Å². The van der Waals surface area contributed by atoms with Crippen molar-refractivity contribution in [3.63, 3.8) is 0 Å². The molecule has 0 saturated carbocycles. The number of benzene rings is 2. The van der Waals surface area contributed by atoms with Crippen LogP contribution in [0.25, 0.3) is 11.1 Å². The third-order valence-corrected chi connectivity index (χ3v) is 3.10. The van der Waals surface area contributed by atoms with Crippen LogP contribution in [0.3, 0.4) is 0 Å². The van der Waals surface area contributed by atoms with Crippen molar-refractivity contribution in [2.75, 3.05) is 14.2 Å². The molecule has 2 aromatic rings. The van der Waals surface area contributed by atoms with Gasteiger partial charge in [0.15, 0.2) is 0 Å². The van der Waals surface area contributed by atoms with Gasteiger partial charge in [0.2, 0.25) is 0 Å². The summed E-state index contributed by atoms with van der Waals surface area (Å²) >= 11 is 6.32. The summed E-state index contributed by atoms with van der Waals surface area (Å²) in [5.41, 5.74) is 1.89. The fourth-order valence-corrected chi connectivity index (χ4v) is 2.00. The molecule has 0 aliphatic rings. The van der Waals surface area contributed by atoms with E-state index in [0.29, 0.717) is 5.03 Å². The van der Waals surface area contributed by atoms with Crippen molar-refractivity contribution in [1.82, 2.24) is 0 Å². The van der Waals surface area contributed by atoms with Crippen molar-refractivity contribution < 1.29 is 9.47 Å². The predicted molar refractivity (Wildman–Crippen MR) is 79.7 cm³/mol. The molecular weight excluding hydrogens is 260 g/mol. The minimum atomic E-state index is 0.670. The fourth-order valence-electron chi connectivity index (χ4n) is 1.75. The third kappa shape index (κ3) is 3.30. The molecule has 19 heavy (non-hydrogen) atoms. The van der Waals surface area contributed by atoms with Crippen LogP contribution in [0.1, 0.15) is 11.1 Å². The molecule has 0 bridgehead atoms. The number of methoxy groups -OCH3 is 2. The van der Waals surface area contributed by atoms with Gasteiger partial charge in [-0.15, -0.1) is 0 Å². The summed E-state index contributed by atoms with van der Waals surface area (Å²) in [4.78, 5) is 0. The summed E-state index contributed by atoms with van der Waals surface area (Å²) in [7, 11) is 3.25. The van der Waals surface area contributed by atoms with E-state index >= 15 is 0 Å². The number of rotatable bonds is 4. The molecule has 0 fully saturated rings. The van der Waals surface area contributed by atoms with Gasteiger partial charge in [-0.05, 0) is 23.8 Å². The summed E-state index contributed by atoms with van der Waals surface area (Å²) in [6.07, 6.45) is 1.88. The highest BCUT2D eigenvalue weighted by atomic mass is 35.5. The van der Waals surface area contributed by atoms with Crippen molar-refractivity contribution >= 4 is 22.7 Å². The van der Waals surface area contributed by atoms with Gasteiger partial charge in [-0.1, -0.05) is 41.9 Å². The maximum Gasteiger partial charge on any atom is 0.129 e. The largest absolute Gasteiger partial charge is 0.497 e. The van der Waals surface area contributed by atoms with Crippen molar-refractivity contribution in [1.29, 1.82) is 0 Å². The number of hydrogen-bond donors (Lipinski definition) is 0. The van der Waals surface area contributed by atoms with Crippen LogP contribution in [-0.2, 0) is 0 Å². The highest BCUT2D eigenvalue weighted by Crippen LogP contribution is 2.29. The van der Waals surface area contributed by atoms with Crippen molar-refractivity contribution in [2.24, 2.45) is 0 Å². The topological polar surface area (TPSA) is 18.5 Å². The van der Waals surface area contributed by atoms with E-state index < -0.39 is 0 Å². The van der Waals surface area contributed by atoms with E-state index in [-0.39, 0.29) is 0 Å². The van der Waals surface area contributed by atoms with Crippen molar-refractivity contribution in [3.8, 4) is 11.5 Å². The first kappa shape index (κ1) is 13.5. The monoisotopic (exact) mass is 274 g/mol. The molecule has 2 aromatic carbocycles. The Morgan fingerprint density at radius 2 is 1.74 bits per heavy atom. The molecule has 3 heteroatoms. The smallest absolute Gasteiger partial charge is 0.129 e. The predicted octanol–water partition coefficient (Wildman–Crippen LogP) is 4.44. The molecule has 2 rings (SSSR count). The van der Waals surface area contributed by atoms with Crippen molar-refractivity contribution in [3.05, 3.63) is 59.7 Å². The van der Waals surface area contributed by atoms with E-state index in [4.69, 9.17) is 21.1 Å². The molecule has 0 unspecified atom stereocenters. The van der Waals surface area contributed by atoms with Crippen LogP contribution >= 0.6 is 11.6 Å². The Labute approximate surface area is 118 Å². The summed E-state index contributed by atoms with van der Waals surface area (Å²) in [5, 5.41) is 0.670. The number of hydrogen-bond acceptors (Lipinski definition) is 2. The second kappa shape index (κ2) is 6.30. The molecule has 0 radical (unpaired) electrons. The molecular formula is C16H15ClO2. The Balaban J connectivity index is 2.37. The van der Waals surface area contributed by atoms with E-state index in [1.165, 1.54) is 0 Å². The van der Waals surface area contributed by atoms with Crippen LogP contribution < -0.4 is 9.47 Å². The first-order chi connectivity index (χ1) is 9.24. The van der Waals surface area contributed by atoms with Crippen LogP contribution in [-0.4, -0.2) is 14.2 Å². The molecule has 0 aromatic heterocycles. The van der Waals surface area contributed by atoms with Gasteiger partial charge in [0, 0.05) is 16.7 Å². The lowest BCUT2D eigenvalue weighted by Gasteiger charge is -2.08. The van der Waals surface area contributed by atoms with Gasteiger partial charge in [-0.25, -0.2) is 0 Å². The number of ether oxygens (including phenoxy) is 2. The van der Waals surface area contributed by atoms with E-state index in [9.17, 15) is 0 Å². The first-order valence-corrected chi connectivity index (χ1v) is 6.27. The Morgan fingerprint density at radius 3 is 2.37 bits per heavy atom. The Bertz CT molecular complexity index is 577. The SMILES string of the molecule is COc1ccc(/C=C(\Cl)c2ccccc2)c(OC)c1. The summed E-state index contributed by atoms with van der Waals surface area (Å²) in [5.74, 6) is 1.48. The molecule has 0 atom stereocenters. The second-order valence-corrected chi connectivity index (χ2v) is 4.37. The Kier molecular flexibility index (Phi) is 4.48. The molecule has 0 saturated heterocycles. The zero-order chi connectivity index (χ0) is 13.7. The highest BCUT2D eigenvalue weighted by molar-refractivity contribution is 6.51. The summed E-state index contributed by atoms with van der Waals surface area (Å²) in [6.45, 7) is 0. The van der Waals surface area contributed by atoms with Crippen LogP contribution in [0, 0.1) is 0 Å². The molecule has 0 N–H and O–H groups in total. The van der Waals surface area contributed by atoms with E-state index in [1.54, 1.807) is 14.2 Å². The van der Waals surface area contributed by atoms with Crippen molar-refractivity contribution in [2.45, 2.75) is 0 Å². The molecule has 0 aliphatic heterocycles. The summed E-state index contributed by atoms with van der Waals surface area (Å²) in [6, 6.07) is 15.4. The standard InChI is InChI=1S/C16H15ClO2/c1-18-14-9-8-13(16(11-14)19-2)10-15(17)12-6-4-3-5-7-12/h3-11H,1-2H3/b15-10-. The maximum atomic E-state index is 6.32. The second-order valence-electron chi connectivity index (χ2n) is 3.97. The zero-order valence-electron chi connectivity index (χ0n) is 10.9. The van der Waals surface area contributed by atoms with Gasteiger partial charge in [0.25, 0.3) is 0 Å². The van der Waals surface area contributed by atoms with E-state index in [2.05, 4.69) is 0 Å². The minimum absolute atomic E-state index is 0.670. The molecule has 0 heterocycles. The van der Waals surface area contributed by atoms with Crippen LogP contribution in [0.4, 0.5) is 0 Å². The lowest BCUT2D eigenvalue weighted by atomic mass is 10.1. The molecule has 0 spiro atoms. The summed E-state index contributed by atoms with van der Waals surface area (Å²) < 4.78 is 10.5. The van der Waals surface area contributed by atoms with Gasteiger partial charge in [-0.2, -0.15) is 0 Å². The lowest BCUT2D eigenvalue weighted by Crippen LogP contribution is -1.90. The van der Waals surface area contributed by atoms with Gasteiger partial charge in [0.05, 0.1) is 14.2 Å². The van der Waals surface area contributed by atoms with Gasteiger partial charge in [-0.3, -0.25) is 0 Å². The van der Waals surface area contributed by atoms with E-state index in [1.807, 2.05) is 54.6 Å². The van der Waals surface area contributed by atoms with E-state index in [0.717, 1.165) is 22.6 Å². The highest BCUT2D eigenvalue weighted by Gasteiger charge is 2.04. The minimum Gasteiger partial charge on any atom is -0.497 e. The molecule has 2 nitrogen and oxygen atoms in total. The normalized spacial score (nSPS) is 11.2. The lowest BCUT2D eigenvalue weighted by molar-refractivity contribution is 0.394. The molecule has 98 valence electrons. The van der Waals surface area contributed by atoms with Gasteiger partial charge in [0.1, 0.15) is 11.5 Å². The fraction of sp³-hybridized carbons (Fsp3) is 0.125. The maximum absolute atomic E-state index is 6.32. The zero-order valence-corrected chi connectivity index (χ0v) is 11.6. The average molecular weight is 275 g/mol. The molecule has 0 aliphatic carbocycles. The Morgan fingerprint density at radius 1 is 1.00 bits per heavy atom. The Hall–Kier alpha value is -1.93. The van der Waals surface area contributed by atoms with Gasteiger partial charge >= 0.3 is 0 Å². The van der Waals surface area contributed by atoms with Crippen LogP contribution in [0.15, 0.2) is 48.5 Å². The third-order valence-electron chi connectivity index (χ3n) is 2.77. The molecule has 0 amide bonds. The first-order valence-electron chi connectivity index (χ1n) is 5.89. The number of halogens is 1. The average Bonchev–Trinajstić information content (AvgIpc) is 2.48. The quantitative estimate of drug-likeness (QED) is 0.768. The van der Waals surface area contributed by atoms with Crippen LogP contribution in [0.5, 0.6) is 11.5 Å².